The number of fused-ring (bicyclic) bond motifs is 1. The van der Waals surface area contributed by atoms with Gasteiger partial charge >= 0.3 is 0 Å². The number of hydrogen-bond acceptors (Lipinski definition) is 5. The van der Waals surface area contributed by atoms with Gasteiger partial charge in [0.1, 0.15) is 11.5 Å². The summed E-state index contributed by atoms with van der Waals surface area (Å²) in [6, 6.07) is 6.96. The number of amides is 1. The summed E-state index contributed by atoms with van der Waals surface area (Å²) in [6.07, 6.45) is 1.61. The molecule has 2 aromatic heterocycles. The van der Waals surface area contributed by atoms with E-state index in [1.807, 2.05) is 32.9 Å². The second kappa shape index (κ2) is 8.43. The van der Waals surface area contributed by atoms with Gasteiger partial charge < -0.3 is 23.8 Å². The molecule has 0 aliphatic rings. The Morgan fingerprint density at radius 2 is 1.79 bits per heavy atom. The maximum absolute atomic E-state index is 13.0. The fourth-order valence-corrected chi connectivity index (χ4v) is 3.27. The highest BCUT2D eigenvalue weighted by Gasteiger charge is 2.19. The second-order valence-corrected chi connectivity index (χ2v) is 7.34. The van der Waals surface area contributed by atoms with Gasteiger partial charge in [0.05, 0.1) is 31.7 Å². The summed E-state index contributed by atoms with van der Waals surface area (Å²) < 4.78 is 17.8. The van der Waals surface area contributed by atoms with E-state index in [1.165, 1.54) is 14.2 Å². The van der Waals surface area contributed by atoms with E-state index in [2.05, 4.69) is 5.32 Å². The smallest absolute Gasteiger partial charge is 0.258 e. The Balaban J connectivity index is 2.10. The maximum atomic E-state index is 13.0. The number of benzene rings is 1. The molecule has 0 radical (unpaired) electrons. The fraction of sp³-hybridized carbons (Fsp3) is 0.364. The van der Waals surface area contributed by atoms with E-state index in [-0.39, 0.29) is 23.9 Å². The number of nitrogens with one attached hydrogen (secondary N) is 1. The van der Waals surface area contributed by atoms with Gasteiger partial charge in [0.2, 0.25) is 0 Å². The van der Waals surface area contributed by atoms with E-state index in [0.717, 1.165) is 5.76 Å². The van der Waals surface area contributed by atoms with Crippen LogP contribution in [0.4, 0.5) is 0 Å². The number of aryl methyl sites for hydroxylation is 1. The molecule has 0 bridgehead atoms. The summed E-state index contributed by atoms with van der Waals surface area (Å²) in [7, 11) is 3.03. The summed E-state index contributed by atoms with van der Waals surface area (Å²) in [4.78, 5) is 26.0. The monoisotopic (exact) mass is 398 g/mol. The zero-order valence-corrected chi connectivity index (χ0v) is 17.4. The average Bonchev–Trinajstić information content (AvgIpc) is 3.12. The first-order chi connectivity index (χ1) is 13.8. The van der Waals surface area contributed by atoms with Gasteiger partial charge in [0.15, 0.2) is 11.5 Å². The van der Waals surface area contributed by atoms with Crippen molar-refractivity contribution < 1.29 is 18.7 Å². The number of aromatic nitrogens is 1. The van der Waals surface area contributed by atoms with E-state index in [9.17, 15) is 9.59 Å². The summed E-state index contributed by atoms with van der Waals surface area (Å²) >= 11 is 0. The van der Waals surface area contributed by atoms with Crippen molar-refractivity contribution in [1.82, 2.24) is 9.88 Å². The number of furan rings is 1. The number of pyridine rings is 1. The minimum atomic E-state index is -0.297. The molecule has 0 saturated heterocycles. The van der Waals surface area contributed by atoms with Gasteiger partial charge in [0, 0.05) is 18.1 Å². The number of ether oxygens (including phenoxy) is 2. The van der Waals surface area contributed by atoms with E-state index < -0.39 is 0 Å². The van der Waals surface area contributed by atoms with Gasteiger partial charge in [-0.25, -0.2) is 0 Å². The second-order valence-electron chi connectivity index (χ2n) is 7.34. The van der Waals surface area contributed by atoms with Crippen molar-refractivity contribution in [2.45, 2.75) is 33.9 Å². The first-order valence-electron chi connectivity index (χ1n) is 9.46. The zero-order chi connectivity index (χ0) is 21.1. The molecule has 3 rings (SSSR count). The quantitative estimate of drug-likeness (QED) is 0.659. The molecule has 0 aliphatic carbocycles. The zero-order valence-electron chi connectivity index (χ0n) is 17.4. The maximum Gasteiger partial charge on any atom is 0.258 e. The molecular formula is C22H26N2O5. The van der Waals surface area contributed by atoms with Crippen molar-refractivity contribution in [3.63, 3.8) is 0 Å². The fourth-order valence-electron chi connectivity index (χ4n) is 3.27. The van der Waals surface area contributed by atoms with Gasteiger partial charge in [-0.3, -0.25) is 9.59 Å². The lowest BCUT2D eigenvalue weighted by Crippen LogP contribution is -2.28. The lowest BCUT2D eigenvalue weighted by atomic mass is 10.0. The molecule has 0 spiro atoms. The number of hydrogen-bond donors (Lipinski definition) is 1. The van der Waals surface area contributed by atoms with Crippen molar-refractivity contribution in [2.75, 3.05) is 14.2 Å². The van der Waals surface area contributed by atoms with Crippen molar-refractivity contribution in [2.24, 2.45) is 5.92 Å². The molecule has 0 fully saturated rings. The third-order valence-corrected chi connectivity index (χ3v) is 4.62. The molecule has 29 heavy (non-hydrogen) atoms. The van der Waals surface area contributed by atoms with Crippen molar-refractivity contribution in [3.05, 3.63) is 57.9 Å². The van der Waals surface area contributed by atoms with Gasteiger partial charge in [-0.05, 0) is 37.1 Å². The molecule has 0 saturated carbocycles. The molecule has 2 heterocycles. The normalized spacial score (nSPS) is 11.1. The molecule has 1 N–H and O–H groups in total. The minimum Gasteiger partial charge on any atom is -0.493 e. The number of carbonyl (C=O) groups is 1. The van der Waals surface area contributed by atoms with Crippen LogP contribution in [-0.4, -0.2) is 24.7 Å². The van der Waals surface area contributed by atoms with Crippen LogP contribution in [0.2, 0.25) is 0 Å². The van der Waals surface area contributed by atoms with Gasteiger partial charge in [-0.15, -0.1) is 0 Å². The predicted molar refractivity (Wildman–Crippen MR) is 111 cm³/mol. The molecule has 154 valence electrons. The van der Waals surface area contributed by atoms with Gasteiger partial charge in [-0.1, -0.05) is 13.8 Å². The van der Waals surface area contributed by atoms with E-state index in [1.54, 1.807) is 22.9 Å². The van der Waals surface area contributed by atoms with Crippen LogP contribution >= 0.6 is 0 Å². The lowest BCUT2D eigenvalue weighted by Gasteiger charge is -2.16. The highest BCUT2D eigenvalue weighted by Crippen LogP contribution is 2.32. The first kappa shape index (κ1) is 20.5. The summed E-state index contributed by atoms with van der Waals surface area (Å²) in [5.74, 6) is 2.28. The molecule has 1 aromatic carbocycles. The SMILES string of the molecule is COc1cc2c(C(=O)NCc3ccc(C)o3)cn(CC(C)C)c(=O)c2cc1OC. The number of rotatable bonds is 7. The van der Waals surface area contributed by atoms with Crippen molar-refractivity contribution >= 4 is 16.7 Å². The largest absolute Gasteiger partial charge is 0.493 e. The average molecular weight is 398 g/mol. The molecular weight excluding hydrogens is 372 g/mol. The van der Waals surface area contributed by atoms with Crippen molar-refractivity contribution in [3.8, 4) is 11.5 Å². The summed E-state index contributed by atoms with van der Waals surface area (Å²) in [6.45, 7) is 6.64. The highest BCUT2D eigenvalue weighted by molar-refractivity contribution is 6.07. The van der Waals surface area contributed by atoms with Crippen molar-refractivity contribution in [1.29, 1.82) is 0 Å². The van der Waals surface area contributed by atoms with Crippen LogP contribution in [-0.2, 0) is 13.1 Å². The van der Waals surface area contributed by atoms with Crippen LogP contribution in [0.3, 0.4) is 0 Å². The van der Waals surface area contributed by atoms with Gasteiger partial charge in [-0.2, -0.15) is 0 Å². The Bertz CT molecular complexity index is 1090. The molecule has 1 amide bonds. The van der Waals surface area contributed by atoms with Crippen LogP contribution in [0.15, 0.2) is 39.7 Å². The Morgan fingerprint density at radius 1 is 1.14 bits per heavy atom. The molecule has 7 nitrogen and oxygen atoms in total. The first-order valence-corrected chi connectivity index (χ1v) is 9.46. The van der Waals surface area contributed by atoms with Crippen LogP contribution in [0.1, 0.15) is 35.7 Å². The standard InChI is InChI=1S/C22H26N2O5/c1-13(2)11-24-12-18(21(25)23-10-15-7-6-14(3)29-15)16-8-19(27-4)20(28-5)9-17(16)22(24)26/h6-9,12-13H,10-11H2,1-5H3,(H,23,25). The Kier molecular flexibility index (Phi) is 5.96. The highest BCUT2D eigenvalue weighted by atomic mass is 16.5. The third kappa shape index (κ3) is 4.29. The van der Waals surface area contributed by atoms with Crippen LogP contribution in [0, 0.1) is 12.8 Å². The van der Waals surface area contributed by atoms with Gasteiger partial charge in [0.25, 0.3) is 11.5 Å². The lowest BCUT2D eigenvalue weighted by molar-refractivity contribution is 0.0948. The molecule has 0 aliphatic heterocycles. The van der Waals surface area contributed by atoms with Crippen LogP contribution in [0.5, 0.6) is 11.5 Å². The van der Waals surface area contributed by atoms with E-state index in [4.69, 9.17) is 13.9 Å². The molecule has 0 atom stereocenters. The van der Waals surface area contributed by atoms with E-state index in [0.29, 0.717) is 40.1 Å². The van der Waals surface area contributed by atoms with Crippen LogP contribution < -0.4 is 20.3 Å². The number of methoxy groups -OCH3 is 2. The Hall–Kier alpha value is -3.22. The Morgan fingerprint density at radius 3 is 2.34 bits per heavy atom. The summed E-state index contributed by atoms with van der Waals surface area (Å²) in [5.41, 5.74) is 0.220. The topological polar surface area (TPSA) is 82.7 Å². The van der Waals surface area contributed by atoms with E-state index >= 15 is 0 Å². The molecule has 3 aromatic rings. The Labute approximate surface area is 169 Å². The third-order valence-electron chi connectivity index (χ3n) is 4.62. The summed E-state index contributed by atoms with van der Waals surface area (Å²) in [5, 5.41) is 3.79. The minimum absolute atomic E-state index is 0.173. The van der Waals surface area contributed by atoms with Crippen LogP contribution in [0.25, 0.3) is 10.8 Å². The number of carbonyl (C=O) groups excluding carboxylic acids is 1. The number of nitrogens with zero attached hydrogens (tertiary/aromatic N) is 1. The molecule has 7 heteroatoms. The molecule has 0 unspecified atom stereocenters. The predicted octanol–water partition coefficient (Wildman–Crippen LogP) is 3.51.